The smallest absolute Gasteiger partial charge is 0.208 e. The van der Waals surface area contributed by atoms with Crippen LogP contribution < -0.4 is 4.90 Å². The van der Waals surface area contributed by atoms with Gasteiger partial charge in [0.1, 0.15) is 5.76 Å². The van der Waals surface area contributed by atoms with Gasteiger partial charge in [0.05, 0.1) is 0 Å². The fraction of sp³-hybridized carbons (Fsp3) is 0.286. The van der Waals surface area contributed by atoms with Crippen molar-refractivity contribution in [3.63, 3.8) is 0 Å². The van der Waals surface area contributed by atoms with E-state index >= 15 is 0 Å². The minimum absolute atomic E-state index is 0.583. The third kappa shape index (κ3) is 1.11. The Morgan fingerprint density at radius 3 is 2.70 bits per heavy atom. The van der Waals surface area contributed by atoms with Crippen molar-refractivity contribution in [1.82, 2.24) is 0 Å². The van der Waals surface area contributed by atoms with Gasteiger partial charge in [0.2, 0.25) is 5.88 Å². The fourth-order valence-electron chi connectivity index (χ4n) is 0.651. The molecule has 0 fully saturated rings. The molecule has 0 N–H and O–H groups in total. The van der Waals surface area contributed by atoms with Crippen molar-refractivity contribution in [2.75, 3.05) is 11.9 Å². The molecule has 1 rings (SSSR count). The maximum atomic E-state index is 8.41. The van der Waals surface area contributed by atoms with E-state index in [0.717, 1.165) is 5.76 Å². The first-order chi connectivity index (χ1) is 4.74. The number of hydrogen-bond acceptors (Lipinski definition) is 3. The zero-order chi connectivity index (χ0) is 7.56. The lowest BCUT2D eigenvalue weighted by atomic mass is 10.5. The highest BCUT2D eigenvalue weighted by molar-refractivity contribution is 5.39. The lowest BCUT2D eigenvalue weighted by Crippen LogP contribution is -2.06. The first-order valence-corrected chi connectivity index (χ1v) is 2.94. The summed E-state index contributed by atoms with van der Waals surface area (Å²) in [6.07, 6.45) is 1.93. The van der Waals surface area contributed by atoms with Crippen LogP contribution in [0.1, 0.15) is 5.76 Å². The predicted molar refractivity (Wildman–Crippen MR) is 37.5 cm³/mol. The van der Waals surface area contributed by atoms with Gasteiger partial charge in [0, 0.05) is 13.1 Å². The highest BCUT2D eigenvalue weighted by atomic mass is 16.4. The van der Waals surface area contributed by atoms with Gasteiger partial charge in [0.25, 0.3) is 0 Å². The molecule has 3 heteroatoms. The summed E-state index contributed by atoms with van der Waals surface area (Å²) >= 11 is 0. The maximum Gasteiger partial charge on any atom is 0.208 e. The molecule has 0 atom stereocenters. The summed E-state index contributed by atoms with van der Waals surface area (Å²) in [5.41, 5.74) is 0. The molecule has 1 heterocycles. The number of rotatable bonds is 1. The molecule has 0 aliphatic rings. The molecular weight excluding hydrogens is 128 g/mol. The third-order valence-electron chi connectivity index (χ3n) is 1.21. The van der Waals surface area contributed by atoms with Gasteiger partial charge in [-0.2, -0.15) is 5.26 Å². The van der Waals surface area contributed by atoms with Crippen LogP contribution in [0.2, 0.25) is 0 Å². The Morgan fingerprint density at radius 2 is 2.30 bits per heavy atom. The summed E-state index contributed by atoms with van der Waals surface area (Å²) in [7, 11) is 1.65. The summed E-state index contributed by atoms with van der Waals surface area (Å²) in [5, 5.41) is 8.41. The zero-order valence-corrected chi connectivity index (χ0v) is 5.96. The Kier molecular flexibility index (Phi) is 1.63. The van der Waals surface area contributed by atoms with E-state index in [1.165, 1.54) is 4.90 Å². The first-order valence-electron chi connectivity index (χ1n) is 2.94. The van der Waals surface area contributed by atoms with Crippen LogP contribution in [0.25, 0.3) is 0 Å². The number of anilines is 1. The molecule has 1 aromatic rings. The number of nitriles is 1. The normalized spacial score (nSPS) is 8.90. The summed E-state index contributed by atoms with van der Waals surface area (Å²) in [5.74, 6) is 1.40. The van der Waals surface area contributed by atoms with Crippen LogP contribution >= 0.6 is 0 Å². The van der Waals surface area contributed by atoms with Crippen molar-refractivity contribution in [3.8, 4) is 6.19 Å². The largest absolute Gasteiger partial charge is 0.445 e. The van der Waals surface area contributed by atoms with Gasteiger partial charge in [-0.3, -0.25) is 4.90 Å². The van der Waals surface area contributed by atoms with Crippen molar-refractivity contribution in [3.05, 3.63) is 17.9 Å². The predicted octanol–water partition coefficient (Wildman–Crippen LogP) is 1.51. The van der Waals surface area contributed by atoms with E-state index in [4.69, 9.17) is 9.68 Å². The second kappa shape index (κ2) is 2.44. The summed E-state index contributed by atoms with van der Waals surface area (Å²) in [4.78, 5) is 1.37. The average Bonchev–Trinajstić information content (AvgIpc) is 2.34. The van der Waals surface area contributed by atoms with Gasteiger partial charge in [-0.05, 0) is 13.0 Å². The van der Waals surface area contributed by atoms with Gasteiger partial charge < -0.3 is 4.42 Å². The molecule has 0 unspecified atom stereocenters. The topological polar surface area (TPSA) is 40.2 Å². The van der Waals surface area contributed by atoms with Gasteiger partial charge >= 0.3 is 0 Å². The third-order valence-corrected chi connectivity index (χ3v) is 1.21. The van der Waals surface area contributed by atoms with Crippen molar-refractivity contribution >= 4 is 5.88 Å². The minimum atomic E-state index is 0.583. The highest BCUT2D eigenvalue weighted by Crippen LogP contribution is 2.14. The van der Waals surface area contributed by atoms with Gasteiger partial charge in [-0.25, -0.2) is 0 Å². The van der Waals surface area contributed by atoms with E-state index in [9.17, 15) is 0 Å². The molecule has 3 nitrogen and oxygen atoms in total. The van der Waals surface area contributed by atoms with E-state index in [-0.39, 0.29) is 0 Å². The molecule has 1 aromatic heterocycles. The lowest BCUT2D eigenvalue weighted by molar-refractivity contribution is 0.538. The number of furan rings is 1. The van der Waals surface area contributed by atoms with Crippen molar-refractivity contribution < 1.29 is 4.42 Å². The Bertz CT molecular complexity index is 259. The van der Waals surface area contributed by atoms with Crippen LogP contribution in [0.4, 0.5) is 5.88 Å². The number of hydrogen-bond donors (Lipinski definition) is 0. The Hall–Kier alpha value is -1.43. The van der Waals surface area contributed by atoms with E-state index in [1.54, 1.807) is 13.1 Å². The quantitative estimate of drug-likeness (QED) is 0.434. The van der Waals surface area contributed by atoms with E-state index < -0.39 is 0 Å². The first kappa shape index (κ1) is 6.69. The van der Waals surface area contributed by atoms with Gasteiger partial charge in [-0.15, -0.1) is 0 Å². The average molecular weight is 136 g/mol. The van der Waals surface area contributed by atoms with Gasteiger partial charge in [-0.1, -0.05) is 0 Å². The molecule has 0 aliphatic carbocycles. The van der Waals surface area contributed by atoms with E-state index in [2.05, 4.69) is 0 Å². The molecule has 10 heavy (non-hydrogen) atoms. The Balaban J connectivity index is 2.87. The molecule has 0 aromatic carbocycles. The highest BCUT2D eigenvalue weighted by Gasteiger charge is 2.01. The summed E-state index contributed by atoms with van der Waals surface area (Å²) < 4.78 is 5.14. The molecule has 0 amide bonds. The molecule has 0 bridgehead atoms. The molecule has 0 saturated heterocycles. The fourth-order valence-corrected chi connectivity index (χ4v) is 0.651. The molecule has 0 spiro atoms. The van der Waals surface area contributed by atoms with Crippen LogP contribution in [-0.4, -0.2) is 7.05 Å². The Morgan fingerprint density at radius 1 is 1.60 bits per heavy atom. The van der Waals surface area contributed by atoms with Crippen molar-refractivity contribution in [1.29, 1.82) is 5.26 Å². The van der Waals surface area contributed by atoms with E-state index in [1.807, 2.05) is 19.2 Å². The molecular formula is C7H8N2O. The monoisotopic (exact) mass is 136 g/mol. The summed E-state index contributed by atoms with van der Waals surface area (Å²) in [6.45, 7) is 1.84. The maximum absolute atomic E-state index is 8.41. The number of nitrogens with zero attached hydrogens (tertiary/aromatic N) is 2. The number of aryl methyl sites for hydroxylation is 1. The minimum Gasteiger partial charge on any atom is -0.445 e. The standard InChI is InChI=1S/C7H8N2O/c1-6-3-4-7(10-6)9(2)5-8/h3-4H,1-2H3. The SMILES string of the molecule is Cc1ccc(N(C)C#N)o1. The molecule has 0 radical (unpaired) electrons. The van der Waals surface area contributed by atoms with Crippen LogP contribution in [0, 0.1) is 18.4 Å². The molecule has 0 aliphatic heterocycles. The van der Waals surface area contributed by atoms with Gasteiger partial charge in [0.15, 0.2) is 6.19 Å². The van der Waals surface area contributed by atoms with Crippen molar-refractivity contribution in [2.45, 2.75) is 6.92 Å². The van der Waals surface area contributed by atoms with Crippen LogP contribution in [0.5, 0.6) is 0 Å². The molecule has 0 saturated carbocycles. The van der Waals surface area contributed by atoms with Crippen molar-refractivity contribution in [2.24, 2.45) is 0 Å². The Labute approximate surface area is 59.5 Å². The van der Waals surface area contributed by atoms with Crippen LogP contribution in [0.15, 0.2) is 16.5 Å². The van der Waals surface area contributed by atoms with E-state index in [0.29, 0.717) is 5.88 Å². The van der Waals surface area contributed by atoms with Crippen LogP contribution in [0.3, 0.4) is 0 Å². The lowest BCUT2D eigenvalue weighted by Gasteiger charge is -2.01. The summed E-state index contributed by atoms with van der Waals surface area (Å²) in [6, 6.07) is 3.59. The second-order valence-electron chi connectivity index (χ2n) is 2.04. The van der Waals surface area contributed by atoms with Crippen LogP contribution in [-0.2, 0) is 0 Å². The second-order valence-corrected chi connectivity index (χ2v) is 2.04. The zero-order valence-electron chi connectivity index (χ0n) is 5.96. The molecule has 52 valence electrons.